The molecular weight excluding hydrogens is 275 g/mol. The second-order valence-electron chi connectivity index (χ2n) is 1.85. The average Bonchev–Trinajstić information content (AvgIpc) is 1.88. The van der Waals surface area contributed by atoms with E-state index in [1.807, 2.05) is 20.8 Å². The van der Waals surface area contributed by atoms with Gasteiger partial charge >= 0.3 is 76.4 Å². The summed E-state index contributed by atoms with van der Waals surface area (Å²) < 4.78 is 16.5. The summed E-state index contributed by atoms with van der Waals surface area (Å²) in [6.45, 7) is 8.07. The van der Waals surface area contributed by atoms with Crippen LogP contribution in [0.15, 0.2) is 0 Å². The van der Waals surface area contributed by atoms with Gasteiger partial charge in [0.25, 0.3) is 0 Å². The van der Waals surface area contributed by atoms with Gasteiger partial charge in [0.1, 0.15) is 0 Å². The van der Waals surface area contributed by atoms with Crippen LogP contribution in [0.1, 0.15) is 20.8 Å². The van der Waals surface area contributed by atoms with E-state index >= 15 is 0 Å². The third-order valence-corrected chi connectivity index (χ3v) is 10.6. The first kappa shape index (κ1) is 11.8. The van der Waals surface area contributed by atoms with Gasteiger partial charge in [-0.15, -0.1) is 0 Å². The summed E-state index contributed by atoms with van der Waals surface area (Å²) in [6, 6.07) is 0. The van der Waals surface area contributed by atoms with E-state index in [9.17, 15) is 0 Å². The molecule has 0 atom stereocenters. The van der Waals surface area contributed by atoms with Crippen molar-refractivity contribution in [2.24, 2.45) is 0 Å². The molecule has 0 bridgehead atoms. The monoisotopic (exact) mass is 293 g/mol. The van der Waals surface area contributed by atoms with Gasteiger partial charge in [-0.3, -0.25) is 0 Å². The van der Waals surface area contributed by atoms with Gasteiger partial charge in [-0.2, -0.15) is 0 Å². The van der Waals surface area contributed by atoms with E-state index in [1.165, 1.54) is 0 Å². The third kappa shape index (κ3) is 5.13. The molecule has 0 rings (SSSR count). The van der Waals surface area contributed by atoms with Crippen LogP contribution < -0.4 is 0 Å². The standard InChI is InChI=1S/C6H18IO3Si/c1-4-8-7(11,9-5-2)10-6-3/h4-6H2,1-3,11H3. The van der Waals surface area contributed by atoms with Gasteiger partial charge < -0.3 is 0 Å². The Morgan fingerprint density at radius 1 is 0.909 bits per heavy atom. The minimum atomic E-state index is -2.53. The van der Waals surface area contributed by atoms with Crippen LogP contribution in [0.2, 0.25) is 0 Å². The summed E-state index contributed by atoms with van der Waals surface area (Å²) in [6.07, 6.45) is 0. The van der Waals surface area contributed by atoms with Crippen molar-refractivity contribution in [3.05, 3.63) is 0 Å². The number of rotatable bonds is 6. The molecule has 0 saturated heterocycles. The van der Waals surface area contributed by atoms with Crippen molar-refractivity contribution in [3.63, 3.8) is 0 Å². The van der Waals surface area contributed by atoms with Crippen LogP contribution in [0, 0.1) is 0 Å². The Labute approximate surface area is 76.4 Å². The Hall–Kier alpha value is 0.827. The molecule has 0 N–H and O–H groups in total. The molecular formula is C6H18IO3Si. The number of halogens is 1. The Morgan fingerprint density at radius 2 is 1.18 bits per heavy atom. The first-order chi connectivity index (χ1) is 5.18. The van der Waals surface area contributed by atoms with Crippen LogP contribution in [0.25, 0.3) is 0 Å². The molecule has 0 spiro atoms. The van der Waals surface area contributed by atoms with Crippen molar-refractivity contribution in [1.82, 2.24) is 0 Å². The maximum atomic E-state index is 5.51. The molecule has 0 aromatic heterocycles. The minimum absolute atomic E-state index is 0.708. The van der Waals surface area contributed by atoms with E-state index in [4.69, 9.17) is 9.20 Å². The van der Waals surface area contributed by atoms with Crippen molar-refractivity contribution in [3.8, 4) is 0 Å². The van der Waals surface area contributed by atoms with Gasteiger partial charge in [0.2, 0.25) is 0 Å². The molecule has 5 heteroatoms. The van der Waals surface area contributed by atoms with E-state index in [0.29, 0.717) is 19.8 Å². The Morgan fingerprint density at radius 3 is 1.36 bits per heavy atom. The molecule has 11 heavy (non-hydrogen) atoms. The van der Waals surface area contributed by atoms with Gasteiger partial charge in [-0.05, 0) is 0 Å². The molecule has 71 valence electrons. The van der Waals surface area contributed by atoms with Crippen LogP contribution in [-0.4, -0.2) is 27.6 Å². The fraction of sp³-hybridized carbons (Fsp3) is 1.00. The maximum absolute atomic E-state index is 5.51. The molecule has 0 fully saturated rings. The van der Waals surface area contributed by atoms with E-state index in [-0.39, 0.29) is 0 Å². The van der Waals surface area contributed by atoms with Crippen LogP contribution >= 0.6 is 18.9 Å². The van der Waals surface area contributed by atoms with Crippen LogP contribution in [0.5, 0.6) is 0 Å². The topological polar surface area (TPSA) is 27.7 Å². The SMILES string of the molecule is CCO[I]([SiH3])(OCC)OCC. The van der Waals surface area contributed by atoms with Gasteiger partial charge in [0.05, 0.1) is 0 Å². The molecule has 3 nitrogen and oxygen atoms in total. The average molecular weight is 293 g/mol. The predicted molar refractivity (Wildman–Crippen MR) is 58.8 cm³/mol. The summed E-state index contributed by atoms with van der Waals surface area (Å²) in [5.41, 5.74) is 0. The van der Waals surface area contributed by atoms with Gasteiger partial charge in [0, 0.05) is 0 Å². The first-order valence-electron chi connectivity index (χ1n) is 3.83. The summed E-state index contributed by atoms with van der Waals surface area (Å²) in [4.78, 5) is 0. The first-order valence-corrected chi connectivity index (χ1v) is 13.7. The molecule has 0 aliphatic carbocycles. The van der Waals surface area contributed by atoms with Crippen molar-refractivity contribution in [2.45, 2.75) is 20.8 Å². The summed E-state index contributed by atoms with van der Waals surface area (Å²) in [5.74, 6) is 0. The molecule has 0 amide bonds. The van der Waals surface area contributed by atoms with E-state index in [0.717, 1.165) is 7.74 Å². The zero-order chi connectivity index (χ0) is 8.74. The zero-order valence-corrected chi connectivity index (χ0v) is 11.9. The Kier molecular flexibility index (Phi) is 6.83. The predicted octanol–water partition coefficient (Wildman–Crippen LogP) is 1.16. The van der Waals surface area contributed by atoms with Gasteiger partial charge in [0.15, 0.2) is 0 Å². The number of hydrogen-bond acceptors (Lipinski definition) is 3. The summed E-state index contributed by atoms with van der Waals surface area (Å²) >= 11 is -2.53. The molecule has 1 radical (unpaired) electrons. The van der Waals surface area contributed by atoms with E-state index < -0.39 is 18.9 Å². The summed E-state index contributed by atoms with van der Waals surface area (Å²) in [7, 11) is 0.911. The Bertz CT molecular complexity index is 84.8. The van der Waals surface area contributed by atoms with Gasteiger partial charge in [-0.1, -0.05) is 0 Å². The van der Waals surface area contributed by atoms with Crippen LogP contribution in [-0.2, 0) is 9.20 Å². The molecule has 0 aromatic rings. The zero-order valence-electron chi connectivity index (χ0n) is 7.72. The quantitative estimate of drug-likeness (QED) is 0.418. The van der Waals surface area contributed by atoms with E-state index in [2.05, 4.69) is 0 Å². The molecule has 0 aromatic carbocycles. The molecule has 0 heterocycles. The third-order valence-electron chi connectivity index (χ3n) is 0.922. The molecule has 0 aliphatic rings. The number of hydrogen-bond donors (Lipinski definition) is 0. The second kappa shape index (κ2) is 6.35. The fourth-order valence-electron chi connectivity index (χ4n) is 0.689. The summed E-state index contributed by atoms with van der Waals surface area (Å²) in [5, 5.41) is 0. The van der Waals surface area contributed by atoms with Crippen molar-refractivity contribution in [1.29, 1.82) is 0 Å². The van der Waals surface area contributed by atoms with Crippen molar-refractivity contribution in [2.75, 3.05) is 19.8 Å². The second-order valence-corrected chi connectivity index (χ2v) is 13.6. The van der Waals surface area contributed by atoms with Crippen LogP contribution in [0.4, 0.5) is 0 Å². The van der Waals surface area contributed by atoms with Crippen LogP contribution in [0.3, 0.4) is 0 Å². The fourth-order valence-corrected chi connectivity index (χ4v) is 9.01. The Balaban J connectivity index is 3.79. The molecule has 0 unspecified atom stereocenters. The molecule has 0 saturated carbocycles. The van der Waals surface area contributed by atoms with Gasteiger partial charge in [-0.25, -0.2) is 0 Å². The van der Waals surface area contributed by atoms with E-state index in [1.54, 1.807) is 0 Å². The normalized spacial score (nSPS) is 13.7. The van der Waals surface area contributed by atoms with Crippen molar-refractivity contribution < 1.29 is 9.20 Å². The van der Waals surface area contributed by atoms with Crippen molar-refractivity contribution >= 4 is 26.6 Å². The molecule has 0 aliphatic heterocycles.